The third-order valence-electron chi connectivity index (χ3n) is 2.66. The molecule has 2 N–H and O–H groups in total. The van der Waals surface area contributed by atoms with E-state index in [2.05, 4.69) is 34.1 Å². The molecule has 15 heavy (non-hydrogen) atoms. The molecule has 0 saturated heterocycles. The minimum atomic E-state index is 0.585. The van der Waals surface area contributed by atoms with Crippen LogP contribution in [0.4, 0.5) is 0 Å². The van der Waals surface area contributed by atoms with Crippen LogP contribution in [-0.4, -0.2) is 6.61 Å². The van der Waals surface area contributed by atoms with Crippen molar-refractivity contribution in [1.82, 2.24) is 0 Å². The van der Waals surface area contributed by atoms with Gasteiger partial charge in [-0.1, -0.05) is 28.1 Å². The van der Waals surface area contributed by atoms with Gasteiger partial charge in [-0.25, -0.2) is 0 Å². The Balaban J connectivity index is 1.88. The summed E-state index contributed by atoms with van der Waals surface area (Å²) in [4.78, 5) is 0. The van der Waals surface area contributed by atoms with Crippen LogP contribution in [0.15, 0.2) is 22.7 Å². The van der Waals surface area contributed by atoms with Crippen LogP contribution in [0.5, 0.6) is 0 Å². The molecule has 1 fully saturated rings. The molecule has 82 valence electrons. The maximum atomic E-state index is 5.64. The highest BCUT2D eigenvalue weighted by molar-refractivity contribution is 9.10. The molecule has 1 aromatic rings. The van der Waals surface area contributed by atoms with Crippen LogP contribution in [0.1, 0.15) is 24.0 Å². The lowest BCUT2D eigenvalue weighted by Crippen LogP contribution is -2.00. The van der Waals surface area contributed by atoms with Crippen LogP contribution in [-0.2, 0) is 17.9 Å². The average molecular weight is 270 g/mol. The highest BCUT2D eigenvalue weighted by Gasteiger charge is 2.21. The first-order valence-corrected chi connectivity index (χ1v) is 6.14. The maximum absolute atomic E-state index is 5.64. The summed E-state index contributed by atoms with van der Waals surface area (Å²) in [5.74, 6) is 0.826. The molecular formula is C12H16BrNO. The van der Waals surface area contributed by atoms with Crippen molar-refractivity contribution in [3.63, 3.8) is 0 Å². The van der Waals surface area contributed by atoms with E-state index in [9.17, 15) is 0 Å². The van der Waals surface area contributed by atoms with Gasteiger partial charge in [-0.05, 0) is 36.0 Å². The Labute approximate surface area is 98.9 Å². The lowest BCUT2D eigenvalue weighted by atomic mass is 10.1. The van der Waals surface area contributed by atoms with Gasteiger partial charge in [0.2, 0.25) is 0 Å². The number of hydrogen-bond acceptors (Lipinski definition) is 2. The molecule has 0 bridgehead atoms. The minimum absolute atomic E-state index is 0.585. The first kappa shape index (κ1) is 11.1. The van der Waals surface area contributed by atoms with Gasteiger partial charge in [-0.15, -0.1) is 0 Å². The molecule has 0 amide bonds. The molecule has 0 spiro atoms. The second-order valence-corrected chi connectivity index (χ2v) is 4.94. The number of rotatable bonds is 5. The van der Waals surface area contributed by atoms with Gasteiger partial charge < -0.3 is 10.5 Å². The van der Waals surface area contributed by atoms with Gasteiger partial charge in [0.15, 0.2) is 0 Å². The highest BCUT2D eigenvalue weighted by atomic mass is 79.9. The van der Waals surface area contributed by atoms with Gasteiger partial charge in [0, 0.05) is 17.6 Å². The van der Waals surface area contributed by atoms with Crippen molar-refractivity contribution in [2.24, 2.45) is 11.7 Å². The van der Waals surface area contributed by atoms with E-state index in [0.717, 1.165) is 22.6 Å². The van der Waals surface area contributed by atoms with Crippen LogP contribution in [0.2, 0.25) is 0 Å². The van der Waals surface area contributed by atoms with Crippen molar-refractivity contribution in [2.75, 3.05) is 6.61 Å². The maximum Gasteiger partial charge on any atom is 0.0727 e. The SMILES string of the molecule is NCc1ccc(COCC2CC2)c(Br)c1. The van der Waals surface area contributed by atoms with E-state index in [1.807, 2.05) is 0 Å². The number of nitrogens with two attached hydrogens (primary N) is 1. The first-order valence-electron chi connectivity index (χ1n) is 5.34. The Morgan fingerprint density at radius 3 is 2.80 bits per heavy atom. The molecule has 2 nitrogen and oxygen atoms in total. The summed E-state index contributed by atoms with van der Waals surface area (Å²) in [6.07, 6.45) is 2.68. The van der Waals surface area contributed by atoms with E-state index in [1.165, 1.54) is 18.4 Å². The molecule has 2 rings (SSSR count). The fourth-order valence-electron chi connectivity index (χ4n) is 1.45. The number of ether oxygens (including phenoxy) is 1. The van der Waals surface area contributed by atoms with Crippen LogP contribution >= 0.6 is 15.9 Å². The summed E-state index contributed by atoms with van der Waals surface area (Å²) in [5, 5.41) is 0. The molecular weight excluding hydrogens is 254 g/mol. The standard InChI is InChI=1S/C12H16BrNO/c13-12-5-10(6-14)3-4-11(12)8-15-7-9-1-2-9/h3-5,9H,1-2,6-8,14H2. The van der Waals surface area contributed by atoms with E-state index in [0.29, 0.717) is 13.2 Å². The van der Waals surface area contributed by atoms with Crippen LogP contribution in [0, 0.1) is 5.92 Å². The van der Waals surface area contributed by atoms with Crippen LogP contribution in [0.3, 0.4) is 0 Å². The Morgan fingerprint density at radius 1 is 1.40 bits per heavy atom. The van der Waals surface area contributed by atoms with E-state index in [-0.39, 0.29) is 0 Å². The second kappa shape index (κ2) is 5.10. The zero-order valence-corrected chi connectivity index (χ0v) is 10.3. The van der Waals surface area contributed by atoms with Crippen molar-refractivity contribution in [1.29, 1.82) is 0 Å². The van der Waals surface area contributed by atoms with Gasteiger partial charge in [0.1, 0.15) is 0 Å². The summed E-state index contributed by atoms with van der Waals surface area (Å²) in [6, 6.07) is 6.20. The lowest BCUT2D eigenvalue weighted by Gasteiger charge is -2.07. The summed E-state index contributed by atoms with van der Waals surface area (Å²) >= 11 is 3.54. The van der Waals surface area contributed by atoms with Crippen molar-refractivity contribution >= 4 is 15.9 Å². The minimum Gasteiger partial charge on any atom is -0.376 e. The fraction of sp³-hybridized carbons (Fsp3) is 0.500. The van der Waals surface area contributed by atoms with Gasteiger partial charge in [-0.2, -0.15) is 0 Å². The molecule has 1 aliphatic carbocycles. The molecule has 0 aliphatic heterocycles. The monoisotopic (exact) mass is 269 g/mol. The van der Waals surface area contributed by atoms with Crippen LogP contribution < -0.4 is 5.73 Å². The highest BCUT2D eigenvalue weighted by Crippen LogP contribution is 2.29. The van der Waals surface area contributed by atoms with Crippen LogP contribution in [0.25, 0.3) is 0 Å². The summed E-state index contributed by atoms with van der Waals surface area (Å²) < 4.78 is 6.74. The molecule has 1 saturated carbocycles. The van der Waals surface area contributed by atoms with Crippen molar-refractivity contribution < 1.29 is 4.74 Å². The Kier molecular flexibility index (Phi) is 3.78. The van der Waals surface area contributed by atoms with E-state index in [4.69, 9.17) is 10.5 Å². The summed E-state index contributed by atoms with van der Waals surface area (Å²) in [5.41, 5.74) is 7.91. The lowest BCUT2D eigenvalue weighted by molar-refractivity contribution is 0.111. The normalized spacial score (nSPS) is 15.6. The quantitative estimate of drug-likeness (QED) is 0.892. The molecule has 0 aromatic heterocycles. The van der Waals surface area contributed by atoms with E-state index >= 15 is 0 Å². The zero-order chi connectivity index (χ0) is 10.7. The Morgan fingerprint density at radius 2 is 2.20 bits per heavy atom. The van der Waals surface area contributed by atoms with E-state index in [1.54, 1.807) is 0 Å². The van der Waals surface area contributed by atoms with Gasteiger partial charge in [0.25, 0.3) is 0 Å². The van der Waals surface area contributed by atoms with Gasteiger partial charge in [0.05, 0.1) is 6.61 Å². The molecule has 1 aliphatic rings. The summed E-state index contributed by atoms with van der Waals surface area (Å²) in [6.45, 7) is 2.19. The average Bonchev–Trinajstić information content (AvgIpc) is 3.04. The van der Waals surface area contributed by atoms with Crippen molar-refractivity contribution in [2.45, 2.75) is 26.0 Å². The third-order valence-corrected chi connectivity index (χ3v) is 3.40. The van der Waals surface area contributed by atoms with Gasteiger partial charge >= 0.3 is 0 Å². The third kappa shape index (κ3) is 3.30. The van der Waals surface area contributed by atoms with E-state index < -0.39 is 0 Å². The number of halogens is 1. The predicted molar refractivity (Wildman–Crippen MR) is 64.4 cm³/mol. The fourth-order valence-corrected chi connectivity index (χ4v) is 2.00. The molecule has 3 heteroatoms. The topological polar surface area (TPSA) is 35.2 Å². The Hall–Kier alpha value is -0.380. The predicted octanol–water partition coefficient (Wildman–Crippen LogP) is 2.83. The number of benzene rings is 1. The Bertz CT molecular complexity index is 336. The molecule has 0 atom stereocenters. The second-order valence-electron chi connectivity index (χ2n) is 4.09. The van der Waals surface area contributed by atoms with Crippen molar-refractivity contribution in [3.05, 3.63) is 33.8 Å². The smallest absolute Gasteiger partial charge is 0.0727 e. The molecule has 0 radical (unpaired) electrons. The first-order chi connectivity index (χ1) is 7.29. The molecule has 1 aromatic carbocycles. The number of hydrogen-bond donors (Lipinski definition) is 1. The van der Waals surface area contributed by atoms with Gasteiger partial charge in [-0.3, -0.25) is 0 Å². The molecule has 0 heterocycles. The van der Waals surface area contributed by atoms with Crippen molar-refractivity contribution in [3.8, 4) is 0 Å². The summed E-state index contributed by atoms with van der Waals surface area (Å²) in [7, 11) is 0. The zero-order valence-electron chi connectivity index (χ0n) is 8.71. The largest absolute Gasteiger partial charge is 0.376 e. The molecule has 0 unspecified atom stereocenters.